The number of fused-ring (bicyclic) bond motifs is 1. The quantitative estimate of drug-likeness (QED) is 0.597. The van der Waals surface area contributed by atoms with E-state index in [9.17, 15) is 13.2 Å². The molecule has 0 aliphatic rings. The lowest BCUT2D eigenvalue weighted by Gasteiger charge is -2.08. The van der Waals surface area contributed by atoms with Crippen LogP contribution in [0.25, 0.3) is 11.0 Å². The molecule has 0 fully saturated rings. The molecule has 9 heteroatoms. The first-order valence-corrected chi connectivity index (χ1v) is 9.72. The average molecular weight is 393 g/mol. The number of nitrogens with one attached hydrogen (secondary N) is 3. The fourth-order valence-corrected chi connectivity index (χ4v) is 3.44. The molecule has 0 spiro atoms. The van der Waals surface area contributed by atoms with Crippen molar-refractivity contribution in [1.29, 1.82) is 0 Å². The second-order valence-corrected chi connectivity index (χ2v) is 7.85. The van der Waals surface area contributed by atoms with E-state index in [1.165, 1.54) is 25.2 Å². The van der Waals surface area contributed by atoms with Crippen LogP contribution >= 0.6 is 11.6 Å². The van der Waals surface area contributed by atoms with Gasteiger partial charge in [-0.25, -0.2) is 18.1 Å². The number of carbonyl (C=O) groups excluding carboxylic acids is 1. The standard InChI is InChI=1S/C17H17ClN4O3S/c1-19-26(24,25)11-6-7-13(18)12(10-11)17(23)20-9-8-16-21-14-4-2-3-5-15(14)22-16/h2-7,10,19H,8-9H2,1H3,(H,20,23)(H,21,22). The van der Waals surface area contributed by atoms with E-state index < -0.39 is 15.9 Å². The molecular formula is C17H17ClN4O3S. The maximum Gasteiger partial charge on any atom is 0.252 e. The van der Waals surface area contributed by atoms with E-state index in [0.717, 1.165) is 16.9 Å². The van der Waals surface area contributed by atoms with Crippen molar-refractivity contribution in [3.8, 4) is 0 Å². The number of nitrogens with zero attached hydrogens (tertiary/aromatic N) is 1. The first kappa shape index (κ1) is 18.4. The summed E-state index contributed by atoms with van der Waals surface area (Å²) in [6.45, 7) is 0.331. The van der Waals surface area contributed by atoms with Crippen molar-refractivity contribution in [1.82, 2.24) is 20.0 Å². The molecule has 136 valence electrons. The summed E-state index contributed by atoms with van der Waals surface area (Å²) < 4.78 is 26.0. The number of sulfonamides is 1. The fourth-order valence-electron chi connectivity index (χ4n) is 2.48. The van der Waals surface area contributed by atoms with Crippen LogP contribution in [0.15, 0.2) is 47.4 Å². The monoisotopic (exact) mass is 392 g/mol. The van der Waals surface area contributed by atoms with Gasteiger partial charge in [0, 0.05) is 13.0 Å². The number of carbonyl (C=O) groups is 1. The zero-order valence-corrected chi connectivity index (χ0v) is 15.5. The lowest BCUT2D eigenvalue weighted by molar-refractivity contribution is 0.0954. The van der Waals surface area contributed by atoms with Crippen LogP contribution in [-0.4, -0.2) is 37.9 Å². The molecule has 0 radical (unpaired) electrons. The van der Waals surface area contributed by atoms with Crippen LogP contribution < -0.4 is 10.0 Å². The molecule has 1 aromatic heterocycles. The van der Waals surface area contributed by atoms with Crippen LogP contribution in [0.2, 0.25) is 5.02 Å². The zero-order chi connectivity index (χ0) is 18.7. The minimum Gasteiger partial charge on any atom is -0.352 e. The Balaban J connectivity index is 1.69. The molecule has 0 saturated heterocycles. The lowest BCUT2D eigenvalue weighted by atomic mass is 10.2. The first-order valence-electron chi connectivity index (χ1n) is 7.85. The summed E-state index contributed by atoms with van der Waals surface area (Å²) in [6, 6.07) is 11.6. The van der Waals surface area contributed by atoms with Crippen molar-refractivity contribution in [2.75, 3.05) is 13.6 Å². The van der Waals surface area contributed by atoms with E-state index in [2.05, 4.69) is 20.0 Å². The topological polar surface area (TPSA) is 104 Å². The first-order chi connectivity index (χ1) is 12.4. The highest BCUT2D eigenvalue weighted by atomic mass is 35.5. The summed E-state index contributed by atoms with van der Waals surface area (Å²) >= 11 is 6.04. The molecule has 0 unspecified atom stereocenters. The van der Waals surface area contributed by atoms with Crippen molar-refractivity contribution in [2.45, 2.75) is 11.3 Å². The number of para-hydroxylation sites is 2. The number of hydrogen-bond donors (Lipinski definition) is 3. The van der Waals surface area contributed by atoms with Crippen LogP contribution in [0, 0.1) is 0 Å². The summed E-state index contributed by atoms with van der Waals surface area (Å²) in [6.07, 6.45) is 0.506. The third-order valence-corrected chi connectivity index (χ3v) is 5.59. The van der Waals surface area contributed by atoms with Crippen molar-refractivity contribution in [3.05, 3.63) is 58.9 Å². The third-order valence-electron chi connectivity index (χ3n) is 3.85. The highest BCUT2D eigenvalue weighted by Gasteiger charge is 2.17. The third kappa shape index (κ3) is 3.87. The molecule has 3 rings (SSSR count). The summed E-state index contributed by atoms with van der Waals surface area (Å²) in [5.74, 6) is 0.309. The molecule has 0 aliphatic heterocycles. The van der Waals surface area contributed by atoms with Crippen LogP contribution in [0.1, 0.15) is 16.2 Å². The maximum absolute atomic E-state index is 12.4. The predicted octanol–water partition coefficient (Wildman–Crippen LogP) is 2.10. The lowest BCUT2D eigenvalue weighted by Crippen LogP contribution is -2.27. The highest BCUT2D eigenvalue weighted by molar-refractivity contribution is 7.89. The molecule has 2 aromatic carbocycles. The maximum atomic E-state index is 12.4. The van der Waals surface area contributed by atoms with Crippen molar-refractivity contribution >= 4 is 38.6 Å². The Bertz CT molecular complexity index is 1030. The number of aromatic amines is 1. The van der Waals surface area contributed by atoms with E-state index >= 15 is 0 Å². The molecule has 3 N–H and O–H groups in total. The molecule has 0 saturated carbocycles. The normalized spacial score (nSPS) is 11.6. The van der Waals surface area contributed by atoms with Crippen LogP contribution in [0.3, 0.4) is 0 Å². The predicted molar refractivity (Wildman–Crippen MR) is 99.8 cm³/mol. The average Bonchev–Trinajstić information content (AvgIpc) is 3.04. The van der Waals surface area contributed by atoms with Gasteiger partial charge in [0.1, 0.15) is 5.82 Å². The Hall–Kier alpha value is -2.42. The number of amides is 1. The van der Waals surface area contributed by atoms with Gasteiger partial charge in [-0.15, -0.1) is 0 Å². The second-order valence-electron chi connectivity index (χ2n) is 5.56. The van der Waals surface area contributed by atoms with Gasteiger partial charge >= 0.3 is 0 Å². The summed E-state index contributed by atoms with van der Waals surface area (Å²) in [7, 11) is -2.35. The SMILES string of the molecule is CNS(=O)(=O)c1ccc(Cl)c(C(=O)NCCc2nc3ccccc3[nH]2)c1. The van der Waals surface area contributed by atoms with Crippen LogP contribution in [-0.2, 0) is 16.4 Å². The van der Waals surface area contributed by atoms with Gasteiger partial charge in [-0.1, -0.05) is 23.7 Å². The molecule has 26 heavy (non-hydrogen) atoms. The van der Waals surface area contributed by atoms with Crippen LogP contribution in [0.4, 0.5) is 0 Å². The Kier molecular flexibility index (Phi) is 5.26. The number of imidazole rings is 1. The van der Waals surface area contributed by atoms with Gasteiger partial charge in [0.15, 0.2) is 0 Å². The highest BCUT2D eigenvalue weighted by Crippen LogP contribution is 2.20. The largest absolute Gasteiger partial charge is 0.352 e. The van der Waals surface area contributed by atoms with E-state index in [1.807, 2.05) is 24.3 Å². The summed E-state index contributed by atoms with van der Waals surface area (Å²) in [5.41, 5.74) is 1.90. The number of halogens is 1. The van der Waals surface area contributed by atoms with Gasteiger partial charge in [-0.3, -0.25) is 4.79 Å². The smallest absolute Gasteiger partial charge is 0.252 e. The minimum absolute atomic E-state index is 0.0214. The second kappa shape index (κ2) is 7.45. The van der Waals surface area contributed by atoms with Gasteiger partial charge in [0.2, 0.25) is 10.0 Å². The number of hydrogen-bond acceptors (Lipinski definition) is 4. The van der Waals surface area contributed by atoms with Gasteiger partial charge in [0.05, 0.1) is 26.5 Å². The van der Waals surface area contributed by atoms with Gasteiger partial charge in [-0.2, -0.15) is 0 Å². The summed E-state index contributed by atoms with van der Waals surface area (Å²) in [4.78, 5) is 20.0. The molecule has 0 atom stereocenters. The van der Waals surface area contributed by atoms with Crippen molar-refractivity contribution in [3.63, 3.8) is 0 Å². The Morgan fingerprint density at radius 3 is 2.73 bits per heavy atom. The van der Waals surface area contributed by atoms with Crippen molar-refractivity contribution in [2.24, 2.45) is 0 Å². The Morgan fingerprint density at radius 1 is 1.23 bits per heavy atom. The molecular weight excluding hydrogens is 376 g/mol. The number of benzene rings is 2. The number of rotatable bonds is 6. The molecule has 1 amide bonds. The molecule has 0 aliphatic carbocycles. The van der Waals surface area contributed by atoms with Crippen molar-refractivity contribution < 1.29 is 13.2 Å². The molecule has 7 nitrogen and oxygen atoms in total. The fraction of sp³-hybridized carbons (Fsp3) is 0.176. The molecule has 0 bridgehead atoms. The van der Waals surface area contributed by atoms with E-state index in [1.54, 1.807) is 0 Å². The molecule has 3 aromatic rings. The van der Waals surface area contributed by atoms with E-state index in [-0.39, 0.29) is 15.5 Å². The van der Waals surface area contributed by atoms with Gasteiger partial charge < -0.3 is 10.3 Å². The van der Waals surface area contributed by atoms with E-state index in [4.69, 9.17) is 11.6 Å². The number of aromatic nitrogens is 2. The Labute approximate surface area is 155 Å². The zero-order valence-electron chi connectivity index (χ0n) is 13.9. The number of H-pyrrole nitrogens is 1. The molecule has 1 heterocycles. The van der Waals surface area contributed by atoms with Crippen LogP contribution in [0.5, 0.6) is 0 Å². The Morgan fingerprint density at radius 2 is 2.00 bits per heavy atom. The van der Waals surface area contributed by atoms with Gasteiger partial charge in [-0.05, 0) is 37.4 Å². The van der Waals surface area contributed by atoms with E-state index in [0.29, 0.717) is 13.0 Å². The minimum atomic E-state index is -3.65. The van der Waals surface area contributed by atoms with Gasteiger partial charge in [0.25, 0.3) is 5.91 Å². The summed E-state index contributed by atoms with van der Waals surface area (Å²) in [5, 5.41) is 2.91.